The van der Waals surface area contributed by atoms with Gasteiger partial charge in [0, 0.05) is 5.56 Å². The molecule has 0 fully saturated rings. The number of hydrogen-bond donors (Lipinski definition) is 0. The number of benzene rings is 1. The molecule has 1 aliphatic heterocycles. The highest BCUT2D eigenvalue weighted by Gasteiger charge is 2.34. The van der Waals surface area contributed by atoms with Crippen LogP contribution in [0.2, 0.25) is 0 Å². The molecule has 0 saturated carbocycles. The third-order valence-corrected chi connectivity index (χ3v) is 2.64. The SMILES string of the molecule is COC(=O)C1OCc2ccc(OC)cc2C1=O. The maximum atomic E-state index is 12.0. The van der Waals surface area contributed by atoms with Crippen molar-refractivity contribution in [2.45, 2.75) is 12.7 Å². The van der Waals surface area contributed by atoms with E-state index in [2.05, 4.69) is 4.74 Å². The first-order chi connectivity index (χ1) is 8.17. The number of methoxy groups -OCH3 is 2. The van der Waals surface area contributed by atoms with E-state index in [0.29, 0.717) is 11.3 Å². The highest BCUT2D eigenvalue weighted by atomic mass is 16.6. The summed E-state index contributed by atoms with van der Waals surface area (Å²) in [5, 5.41) is 0. The summed E-state index contributed by atoms with van der Waals surface area (Å²) >= 11 is 0. The summed E-state index contributed by atoms with van der Waals surface area (Å²) in [4.78, 5) is 23.3. The Kier molecular flexibility index (Phi) is 3.10. The average Bonchev–Trinajstić information content (AvgIpc) is 2.38. The molecule has 0 aromatic heterocycles. The van der Waals surface area contributed by atoms with Gasteiger partial charge in [-0.1, -0.05) is 6.07 Å². The van der Waals surface area contributed by atoms with Crippen LogP contribution in [-0.4, -0.2) is 32.1 Å². The van der Waals surface area contributed by atoms with Crippen LogP contribution < -0.4 is 4.74 Å². The fourth-order valence-corrected chi connectivity index (χ4v) is 1.71. The number of ether oxygens (including phenoxy) is 3. The van der Waals surface area contributed by atoms with Crippen molar-refractivity contribution in [2.75, 3.05) is 14.2 Å². The molecule has 1 unspecified atom stereocenters. The van der Waals surface area contributed by atoms with E-state index in [1.54, 1.807) is 18.2 Å². The van der Waals surface area contributed by atoms with Gasteiger partial charge in [0.15, 0.2) is 0 Å². The summed E-state index contributed by atoms with van der Waals surface area (Å²) in [5.41, 5.74) is 1.20. The Bertz CT molecular complexity index is 466. The molecule has 0 amide bonds. The highest BCUT2D eigenvalue weighted by Crippen LogP contribution is 2.25. The van der Waals surface area contributed by atoms with Gasteiger partial charge in [-0.15, -0.1) is 0 Å². The Balaban J connectivity index is 2.36. The van der Waals surface area contributed by atoms with Crippen LogP contribution in [0.15, 0.2) is 18.2 Å². The molecule has 0 radical (unpaired) electrons. The molecule has 0 spiro atoms. The zero-order valence-corrected chi connectivity index (χ0v) is 9.56. The first-order valence-electron chi connectivity index (χ1n) is 5.08. The van der Waals surface area contributed by atoms with Crippen molar-refractivity contribution in [1.82, 2.24) is 0 Å². The molecular weight excluding hydrogens is 224 g/mol. The largest absolute Gasteiger partial charge is 0.497 e. The molecule has 0 N–H and O–H groups in total. The summed E-state index contributed by atoms with van der Waals surface area (Å²) < 4.78 is 14.7. The average molecular weight is 236 g/mol. The van der Waals surface area contributed by atoms with Crippen molar-refractivity contribution in [1.29, 1.82) is 0 Å². The van der Waals surface area contributed by atoms with Gasteiger partial charge in [-0.3, -0.25) is 4.79 Å². The molecule has 5 nitrogen and oxygen atoms in total. The van der Waals surface area contributed by atoms with E-state index in [1.807, 2.05) is 0 Å². The van der Waals surface area contributed by atoms with Crippen LogP contribution in [0.5, 0.6) is 5.75 Å². The van der Waals surface area contributed by atoms with Gasteiger partial charge >= 0.3 is 5.97 Å². The van der Waals surface area contributed by atoms with Crippen molar-refractivity contribution in [3.63, 3.8) is 0 Å². The number of Topliss-reactive ketones (excluding diaryl/α,β-unsaturated/α-hetero) is 1. The van der Waals surface area contributed by atoms with Crippen LogP contribution in [0.4, 0.5) is 0 Å². The molecular formula is C12H12O5. The lowest BCUT2D eigenvalue weighted by molar-refractivity contribution is -0.151. The highest BCUT2D eigenvalue weighted by molar-refractivity contribution is 6.12. The number of carbonyl (C=O) groups excluding carboxylic acids is 2. The van der Waals surface area contributed by atoms with Crippen LogP contribution >= 0.6 is 0 Å². The lowest BCUT2D eigenvalue weighted by Crippen LogP contribution is -2.37. The van der Waals surface area contributed by atoms with E-state index in [4.69, 9.17) is 9.47 Å². The Hall–Kier alpha value is -1.88. The van der Waals surface area contributed by atoms with E-state index >= 15 is 0 Å². The van der Waals surface area contributed by atoms with Crippen LogP contribution in [-0.2, 0) is 20.9 Å². The molecule has 90 valence electrons. The third kappa shape index (κ3) is 2.01. The van der Waals surface area contributed by atoms with Crippen molar-refractivity contribution >= 4 is 11.8 Å². The maximum Gasteiger partial charge on any atom is 0.343 e. The standard InChI is InChI=1S/C12H12O5/c1-15-8-4-3-7-6-17-11(12(14)16-2)10(13)9(7)5-8/h3-5,11H,6H2,1-2H3. The predicted molar refractivity (Wildman–Crippen MR) is 57.9 cm³/mol. The van der Waals surface area contributed by atoms with E-state index in [-0.39, 0.29) is 6.61 Å². The van der Waals surface area contributed by atoms with E-state index in [9.17, 15) is 9.59 Å². The van der Waals surface area contributed by atoms with E-state index in [0.717, 1.165) is 5.56 Å². The Morgan fingerprint density at radius 1 is 1.41 bits per heavy atom. The monoisotopic (exact) mass is 236 g/mol. The minimum Gasteiger partial charge on any atom is -0.497 e. The molecule has 0 saturated heterocycles. The minimum atomic E-state index is -1.17. The number of rotatable bonds is 2. The molecule has 1 atom stereocenters. The lowest BCUT2D eigenvalue weighted by Gasteiger charge is -2.22. The molecule has 1 aliphatic rings. The zero-order valence-electron chi connectivity index (χ0n) is 9.56. The molecule has 2 rings (SSSR count). The Morgan fingerprint density at radius 2 is 2.18 bits per heavy atom. The maximum absolute atomic E-state index is 12.0. The fraction of sp³-hybridized carbons (Fsp3) is 0.333. The molecule has 1 aromatic rings. The molecule has 0 aliphatic carbocycles. The first kappa shape index (κ1) is 11.6. The van der Waals surface area contributed by atoms with E-state index in [1.165, 1.54) is 14.2 Å². The smallest absolute Gasteiger partial charge is 0.343 e. The number of fused-ring (bicyclic) bond motifs is 1. The van der Waals surface area contributed by atoms with E-state index < -0.39 is 17.9 Å². The van der Waals surface area contributed by atoms with Gasteiger partial charge in [0.2, 0.25) is 11.9 Å². The molecule has 0 bridgehead atoms. The molecule has 17 heavy (non-hydrogen) atoms. The van der Waals surface area contributed by atoms with Crippen molar-refractivity contribution in [3.8, 4) is 5.75 Å². The normalized spacial score (nSPS) is 18.5. The second kappa shape index (κ2) is 4.55. The van der Waals surface area contributed by atoms with Gasteiger partial charge in [-0.05, 0) is 17.7 Å². The van der Waals surface area contributed by atoms with Crippen LogP contribution in [0.1, 0.15) is 15.9 Å². The quantitative estimate of drug-likeness (QED) is 0.565. The molecule has 1 heterocycles. The van der Waals surface area contributed by atoms with Gasteiger partial charge < -0.3 is 14.2 Å². The number of hydrogen-bond acceptors (Lipinski definition) is 5. The summed E-state index contributed by atoms with van der Waals surface area (Å²) in [6.07, 6.45) is -1.17. The Labute approximate surface area is 98.3 Å². The first-order valence-corrected chi connectivity index (χ1v) is 5.08. The number of ketones is 1. The van der Waals surface area contributed by atoms with Crippen LogP contribution in [0, 0.1) is 0 Å². The second-order valence-electron chi connectivity index (χ2n) is 3.60. The zero-order chi connectivity index (χ0) is 12.4. The van der Waals surface area contributed by atoms with Gasteiger partial charge in [0.1, 0.15) is 5.75 Å². The van der Waals surface area contributed by atoms with Crippen molar-refractivity contribution in [3.05, 3.63) is 29.3 Å². The van der Waals surface area contributed by atoms with Gasteiger partial charge in [-0.25, -0.2) is 4.79 Å². The lowest BCUT2D eigenvalue weighted by atomic mass is 9.97. The molecule has 1 aromatic carbocycles. The predicted octanol–water partition coefficient (Wildman–Crippen LogP) is 0.950. The fourth-order valence-electron chi connectivity index (χ4n) is 1.71. The summed E-state index contributed by atoms with van der Waals surface area (Å²) in [5.74, 6) is -0.497. The van der Waals surface area contributed by atoms with Gasteiger partial charge in [0.25, 0.3) is 0 Å². The summed E-state index contributed by atoms with van der Waals surface area (Å²) in [6.45, 7) is 0.213. The van der Waals surface area contributed by atoms with Crippen LogP contribution in [0.3, 0.4) is 0 Å². The number of carbonyl (C=O) groups is 2. The van der Waals surface area contributed by atoms with Crippen molar-refractivity contribution < 1.29 is 23.8 Å². The number of esters is 1. The second-order valence-corrected chi connectivity index (χ2v) is 3.60. The Morgan fingerprint density at radius 3 is 2.82 bits per heavy atom. The summed E-state index contributed by atoms with van der Waals surface area (Å²) in [7, 11) is 2.74. The van der Waals surface area contributed by atoms with Gasteiger partial charge in [0.05, 0.1) is 20.8 Å². The van der Waals surface area contributed by atoms with Gasteiger partial charge in [-0.2, -0.15) is 0 Å². The minimum absolute atomic E-state index is 0.213. The van der Waals surface area contributed by atoms with Crippen LogP contribution in [0.25, 0.3) is 0 Å². The molecule has 5 heteroatoms. The topological polar surface area (TPSA) is 61.8 Å². The third-order valence-electron chi connectivity index (χ3n) is 2.64. The summed E-state index contributed by atoms with van der Waals surface area (Å²) in [6, 6.07) is 5.10. The van der Waals surface area contributed by atoms with Crippen molar-refractivity contribution in [2.24, 2.45) is 0 Å².